The second kappa shape index (κ2) is 11.9. The monoisotopic (exact) mass is 549 g/mol. The molecule has 0 atom stereocenters. The number of aromatic nitrogens is 1. The van der Waals surface area contributed by atoms with Crippen LogP contribution in [0.15, 0.2) is 59.4 Å². The van der Waals surface area contributed by atoms with E-state index in [-0.39, 0.29) is 41.4 Å². The van der Waals surface area contributed by atoms with Gasteiger partial charge in [0.2, 0.25) is 0 Å². The number of nitrogens with one attached hydrogen (secondary N) is 1. The summed E-state index contributed by atoms with van der Waals surface area (Å²) in [6.45, 7) is 0.931. The van der Waals surface area contributed by atoms with Gasteiger partial charge in [0.25, 0.3) is 17.4 Å². The largest absolute Gasteiger partial charge is 0.494 e. The fraction of sp³-hybridized carbons (Fsp3) is 0.250. The lowest BCUT2D eigenvalue weighted by Gasteiger charge is -2.17. The highest BCUT2D eigenvalue weighted by atomic mass is 32.1. The van der Waals surface area contributed by atoms with Gasteiger partial charge in [-0.15, -0.1) is 11.3 Å². The molecule has 2 aromatic heterocycles. The van der Waals surface area contributed by atoms with Crippen molar-refractivity contribution in [3.63, 3.8) is 0 Å². The first kappa shape index (κ1) is 27.5. The molecule has 0 saturated carbocycles. The third-order valence-corrected chi connectivity index (χ3v) is 7.27. The van der Waals surface area contributed by atoms with Crippen LogP contribution in [-0.4, -0.2) is 66.9 Å². The van der Waals surface area contributed by atoms with E-state index in [0.717, 1.165) is 16.7 Å². The Morgan fingerprint density at radius 3 is 2.41 bits per heavy atom. The molecule has 0 aliphatic rings. The van der Waals surface area contributed by atoms with Crippen molar-refractivity contribution < 1.29 is 28.7 Å². The van der Waals surface area contributed by atoms with Crippen LogP contribution in [0.25, 0.3) is 21.0 Å². The van der Waals surface area contributed by atoms with Crippen LogP contribution in [0.2, 0.25) is 0 Å². The molecule has 0 bridgehead atoms. The van der Waals surface area contributed by atoms with E-state index in [1.807, 2.05) is 18.2 Å². The van der Waals surface area contributed by atoms with Crippen molar-refractivity contribution in [3.8, 4) is 5.75 Å². The number of carbonyl (C=O) groups excluding carboxylic acids is 4. The van der Waals surface area contributed by atoms with Crippen molar-refractivity contribution in [1.82, 2.24) is 14.8 Å². The van der Waals surface area contributed by atoms with Gasteiger partial charge in [0.05, 0.1) is 23.9 Å². The lowest BCUT2D eigenvalue weighted by Crippen LogP contribution is -2.37. The third-order valence-electron chi connectivity index (χ3n) is 6.08. The number of amides is 2. The van der Waals surface area contributed by atoms with E-state index in [1.165, 1.54) is 23.5 Å². The van der Waals surface area contributed by atoms with E-state index in [0.29, 0.717) is 15.8 Å². The Kier molecular flexibility index (Phi) is 8.40. The van der Waals surface area contributed by atoms with Crippen molar-refractivity contribution in [3.05, 3.63) is 75.4 Å². The molecule has 1 N–H and O–H groups in total. The Morgan fingerprint density at radius 1 is 1.03 bits per heavy atom. The Labute approximate surface area is 227 Å². The number of fused-ring (bicyclic) bond motifs is 3. The van der Waals surface area contributed by atoms with Crippen LogP contribution >= 0.6 is 11.3 Å². The standard InChI is InChI=1S/C28H27N3O7S/c1-17(32)38-16-22(34)29-13-14-30(2)28(36)26-24(37-3)23-25(39-26)19-11-7-8-12-20(19)31(27(23)35)15-21(33)18-9-5-4-6-10-18/h4-12H,13-16H2,1-3H3,(H,29,34). The zero-order valence-electron chi connectivity index (χ0n) is 21.7. The predicted octanol–water partition coefficient (Wildman–Crippen LogP) is 2.86. The number of thiophene rings is 1. The molecule has 4 rings (SSSR count). The smallest absolute Gasteiger partial charge is 0.303 e. The summed E-state index contributed by atoms with van der Waals surface area (Å²) >= 11 is 1.14. The second-order valence-corrected chi connectivity index (χ2v) is 9.74. The number of ether oxygens (including phenoxy) is 2. The average molecular weight is 550 g/mol. The van der Waals surface area contributed by atoms with Crippen molar-refractivity contribution >= 4 is 55.9 Å². The molecule has 0 aliphatic carbocycles. The van der Waals surface area contributed by atoms with Crippen molar-refractivity contribution in [2.24, 2.45) is 0 Å². The number of ketones is 1. The number of pyridine rings is 1. The van der Waals surface area contributed by atoms with E-state index in [4.69, 9.17) is 4.74 Å². The number of carbonyl (C=O) groups is 4. The van der Waals surface area contributed by atoms with Gasteiger partial charge in [-0.1, -0.05) is 48.5 Å². The quantitative estimate of drug-likeness (QED) is 0.238. The summed E-state index contributed by atoms with van der Waals surface area (Å²) in [4.78, 5) is 64.5. The highest BCUT2D eigenvalue weighted by molar-refractivity contribution is 7.22. The SMILES string of the molecule is COc1c(C(=O)N(C)CCNC(=O)COC(C)=O)sc2c1c(=O)n(CC(=O)c1ccccc1)c1ccccc21. The first-order chi connectivity index (χ1) is 18.7. The molecule has 4 aromatic rings. The van der Waals surface area contributed by atoms with Gasteiger partial charge in [0.15, 0.2) is 18.1 Å². The highest BCUT2D eigenvalue weighted by Crippen LogP contribution is 2.40. The van der Waals surface area contributed by atoms with Gasteiger partial charge >= 0.3 is 5.97 Å². The second-order valence-electron chi connectivity index (χ2n) is 8.72. The maximum absolute atomic E-state index is 13.8. The van der Waals surface area contributed by atoms with Gasteiger partial charge in [-0.3, -0.25) is 28.5 Å². The van der Waals surface area contributed by atoms with Gasteiger partial charge in [0, 0.05) is 38.0 Å². The summed E-state index contributed by atoms with van der Waals surface area (Å²) in [5.41, 5.74) is 0.634. The number of nitrogens with zero attached hydrogens (tertiary/aromatic N) is 2. The molecule has 39 heavy (non-hydrogen) atoms. The molecule has 2 amide bonds. The van der Waals surface area contributed by atoms with E-state index in [9.17, 15) is 24.0 Å². The molecule has 0 spiro atoms. The molecule has 2 aromatic carbocycles. The number of likely N-dealkylation sites (N-methyl/N-ethyl adjacent to an activating group) is 1. The number of hydrogen-bond donors (Lipinski definition) is 1. The third kappa shape index (κ3) is 5.83. The minimum absolute atomic E-state index is 0.132. The molecule has 0 unspecified atom stereocenters. The van der Waals surface area contributed by atoms with E-state index in [2.05, 4.69) is 10.1 Å². The number of para-hydroxylation sites is 1. The number of esters is 1. The van der Waals surface area contributed by atoms with Crippen LogP contribution in [-0.2, 0) is 20.9 Å². The molecule has 0 fully saturated rings. The van der Waals surface area contributed by atoms with E-state index >= 15 is 0 Å². The van der Waals surface area contributed by atoms with Crippen LogP contribution in [0.1, 0.15) is 27.0 Å². The fourth-order valence-corrected chi connectivity index (χ4v) is 5.44. The lowest BCUT2D eigenvalue weighted by atomic mass is 10.1. The number of rotatable bonds is 10. The number of Topliss-reactive ketones (excluding diaryl/α,β-unsaturated/α-hetero) is 1. The van der Waals surface area contributed by atoms with Crippen molar-refractivity contribution in [2.75, 3.05) is 33.9 Å². The van der Waals surface area contributed by atoms with E-state index in [1.54, 1.807) is 43.4 Å². The van der Waals surface area contributed by atoms with Crippen LogP contribution in [0, 0.1) is 0 Å². The van der Waals surface area contributed by atoms with Gasteiger partial charge in [-0.2, -0.15) is 0 Å². The van der Waals surface area contributed by atoms with E-state index < -0.39 is 29.9 Å². The van der Waals surface area contributed by atoms with Crippen LogP contribution < -0.4 is 15.6 Å². The Hall–Kier alpha value is -4.51. The maximum atomic E-state index is 13.8. The molecular weight excluding hydrogens is 522 g/mol. The molecule has 0 saturated heterocycles. The minimum atomic E-state index is -0.565. The molecule has 0 radical (unpaired) electrons. The normalized spacial score (nSPS) is 10.8. The fourth-order valence-electron chi connectivity index (χ4n) is 4.15. The molecule has 0 aliphatic heterocycles. The van der Waals surface area contributed by atoms with Crippen LogP contribution in [0.4, 0.5) is 0 Å². The summed E-state index contributed by atoms with van der Waals surface area (Å²) < 4.78 is 12.2. The van der Waals surface area contributed by atoms with Gasteiger partial charge in [0.1, 0.15) is 10.3 Å². The zero-order valence-corrected chi connectivity index (χ0v) is 22.5. The summed E-state index contributed by atoms with van der Waals surface area (Å²) in [7, 11) is 2.96. The summed E-state index contributed by atoms with van der Waals surface area (Å²) in [6.07, 6.45) is 0. The molecule has 2 heterocycles. The van der Waals surface area contributed by atoms with Gasteiger partial charge in [-0.05, 0) is 6.07 Å². The van der Waals surface area contributed by atoms with Gasteiger partial charge in [-0.25, -0.2) is 0 Å². The zero-order chi connectivity index (χ0) is 28.1. The summed E-state index contributed by atoms with van der Waals surface area (Å²) in [5, 5.41) is 3.53. The van der Waals surface area contributed by atoms with Crippen molar-refractivity contribution in [2.45, 2.75) is 13.5 Å². The summed E-state index contributed by atoms with van der Waals surface area (Å²) in [5.74, 6) is -1.52. The molecule has 10 nitrogen and oxygen atoms in total. The van der Waals surface area contributed by atoms with Crippen LogP contribution in [0.3, 0.4) is 0 Å². The number of benzene rings is 2. The Morgan fingerprint density at radius 2 is 1.72 bits per heavy atom. The Balaban J connectivity index is 1.68. The topological polar surface area (TPSA) is 124 Å². The minimum Gasteiger partial charge on any atom is -0.494 e. The highest BCUT2D eigenvalue weighted by Gasteiger charge is 2.27. The number of methoxy groups -OCH3 is 1. The maximum Gasteiger partial charge on any atom is 0.303 e. The molecule has 11 heteroatoms. The predicted molar refractivity (Wildman–Crippen MR) is 148 cm³/mol. The molecular formula is C28H27N3O7S. The number of hydrogen-bond acceptors (Lipinski definition) is 8. The molecule has 202 valence electrons. The van der Waals surface area contributed by atoms with Crippen molar-refractivity contribution in [1.29, 1.82) is 0 Å². The average Bonchev–Trinajstić information content (AvgIpc) is 3.34. The van der Waals surface area contributed by atoms with Gasteiger partial charge < -0.3 is 19.7 Å². The Bertz CT molecular complexity index is 1630. The lowest BCUT2D eigenvalue weighted by molar-refractivity contribution is -0.146. The summed E-state index contributed by atoms with van der Waals surface area (Å²) in [6, 6.07) is 16.0. The first-order valence-electron chi connectivity index (χ1n) is 12.1. The first-order valence-corrected chi connectivity index (χ1v) is 12.9. The van der Waals surface area contributed by atoms with Crippen LogP contribution in [0.5, 0.6) is 5.75 Å².